The number of hydrogen-bond acceptors (Lipinski definition) is 5. The Morgan fingerprint density at radius 3 is 2.20 bits per heavy atom. The van der Waals surface area contributed by atoms with Crippen molar-refractivity contribution in [2.45, 2.75) is 124 Å². The van der Waals surface area contributed by atoms with E-state index in [1.165, 1.54) is 0 Å². The Morgan fingerprint density at radius 1 is 0.943 bits per heavy atom. The van der Waals surface area contributed by atoms with E-state index < -0.39 is 17.8 Å². The Morgan fingerprint density at radius 2 is 1.57 bits per heavy atom. The van der Waals surface area contributed by atoms with Crippen LogP contribution in [0, 0.1) is 45.3 Å². The molecule has 35 heavy (non-hydrogen) atoms. The summed E-state index contributed by atoms with van der Waals surface area (Å²) in [6.07, 6.45) is 6.91. The average molecular weight is 493 g/mol. The Balaban J connectivity index is 1.67. The van der Waals surface area contributed by atoms with Gasteiger partial charge in [0.2, 0.25) is 0 Å². The quantitative estimate of drug-likeness (QED) is 0.365. The molecule has 0 bridgehead atoms. The standard InChI is InChI=1S/C30H52O5/c1-18(17-31)9-8-13-30(7,35)24-19-10-11-22-27(4)14-12-23(34)26(2,3)25(27)21(33)16-29(22,6)28(19,5)15-20(24)32/h9,19-25,31-35H,8,10-17H2,1-7H3. The van der Waals surface area contributed by atoms with Gasteiger partial charge in [-0.2, -0.15) is 0 Å². The van der Waals surface area contributed by atoms with Crippen molar-refractivity contribution >= 4 is 0 Å². The summed E-state index contributed by atoms with van der Waals surface area (Å²) in [4.78, 5) is 0. The molecular formula is C30H52O5. The first-order chi connectivity index (χ1) is 16.1. The molecule has 202 valence electrons. The minimum absolute atomic E-state index is 0.0323. The highest BCUT2D eigenvalue weighted by atomic mass is 16.3. The van der Waals surface area contributed by atoms with Gasteiger partial charge in [-0.05, 0) is 105 Å². The second-order valence-electron chi connectivity index (χ2n) is 14.6. The SMILES string of the molecule is CC(=CCCC(C)(O)C1C(O)CC2(C)C1CCC1C3(C)CCC(O)C(C)(C)C3C(O)CC12C)CO. The van der Waals surface area contributed by atoms with Crippen LogP contribution in [0.25, 0.3) is 0 Å². The molecule has 4 fully saturated rings. The molecule has 0 aromatic carbocycles. The molecule has 0 aromatic heterocycles. The number of fused-ring (bicyclic) bond motifs is 5. The Bertz CT molecular complexity index is 835. The van der Waals surface area contributed by atoms with Gasteiger partial charge in [-0.3, -0.25) is 0 Å². The fraction of sp³-hybridized carbons (Fsp3) is 0.933. The van der Waals surface area contributed by atoms with Gasteiger partial charge in [0.1, 0.15) is 0 Å². The van der Waals surface area contributed by atoms with Crippen LogP contribution in [0.3, 0.4) is 0 Å². The zero-order chi connectivity index (χ0) is 26.2. The summed E-state index contributed by atoms with van der Waals surface area (Å²) in [5.74, 6) is 0.484. The maximum Gasteiger partial charge on any atom is 0.0678 e. The molecule has 0 amide bonds. The van der Waals surface area contributed by atoms with Gasteiger partial charge in [0, 0.05) is 5.92 Å². The van der Waals surface area contributed by atoms with Crippen LogP contribution in [-0.2, 0) is 0 Å². The lowest BCUT2D eigenvalue weighted by molar-refractivity contribution is -0.258. The zero-order valence-electron chi connectivity index (χ0n) is 23.2. The van der Waals surface area contributed by atoms with E-state index in [1.54, 1.807) is 0 Å². The lowest BCUT2D eigenvalue weighted by atomic mass is 9.35. The van der Waals surface area contributed by atoms with Crippen molar-refractivity contribution in [1.82, 2.24) is 0 Å². The minimum Gasteiger partial charge on any atom is -0.393 e. The van der Waals surface area contributed by atoms with E-state index in [2.05, 4.69) is 34.6 Å². The highest BCUT2D eigenvalue weighted by Crippen LogP contribution is 2.75. The molecule has 5 heteroatoms. The van der Waals surface area contributed by atoms with E-state index in [4.69, 9.17) is 0 Å². The van der Waals surface area contributed by atoms with E-state index in [-0.39, 0.29) is 52.1 Å². The summed E-state index contributed by atoms with van der Waals surface area (Å²) in [5.41, 5.74) is -0.776. The first-order valence-corrected chi connectivity index (χ1v) is 14.1. The number of aliphatic hydroxyl groups excluding tert-OH is 4. The minimum atomic E-state index is -0.992. The van der Waals surface area contributed by atoms with Crippen molar-refractivity contribution in [2.75, 3.05) is 6.61 Å². The van der Waals surface area contributed by atoms with Crippen molar-refractivity contribution in [1.29, 1.82) is 0 Å². The Hall–Kier alpha value is -0.460. The van der Waals surface area contributed by atoms with Crippen LogP contribution in [0.5, 0.6) is 0 Å². The molecule has 4 saturated carbocycles. The predicted octanol–water partition coefficient (Wildman–Crippen LogP) is 4.44. The summed E-state index contributed by atoms with van der Waals surface area (Å²) in [5, 5.41) is 55.0. The third-order valence-corrected chi connectivity index (χ3v) is 12.4. The fourth-order valence-corrected chi connectivity index (χ4v) is 10.6. The zero-order valence-corrected chi connectivity index (χ0v) is 23.2. The van der Waals surface area contributed by atoms with E-state index in [1.807, 2.05) is 19.9 Å². The number of rotatable bonds is 5. The molecule has 5 nitrogen and oxygen atoms in total. The van der Waals surface area contributed by atoms with Crippen molar-refractivity contribution in [3.05, 3.63) is 11.6 Å². The molecule has 0 spiro atoms. The van der Waals surface area contributed by atoms with Crippen LogP contribution >= 0.6 is 0 Å². The number of aliphatic hydroxyl groups is 5. The summed E-state index contributed by atoms with van der Waals surface area (Å²) < 4.78 is 0. The smallest absolute Gasteiger partial charge is 0.0678 e. The maximum atomic E-state index is 11.7. The van der Waals surface area contributed by atoms with Gasteiger partial charge < -0.3 is 25.5 Å². The average Bonchev–Trinajstić information content (AvgIpc) is 3.02. The normalized spacial score (nSPS) is 51.2. The van der Waals surface area contributed by atoms with E-state index >= 15 is 0 Å². The van der Waals surface area contributed by atoms with Crippen LogP contribution in [-0.4, -0.2) is 56.1 Å². The molecule has 4 aliphatic carbocycles. The molecule has 0 saturated heterocycles. The van der Waals surface area contributed by atoms with Gasteiger partial charge in [-0.25, -0.2) is 0 Å². The molecule has 11 unspecified atom stereocenters. The number of hydrogen-bond donors (Lipinski definition) is 5. The van der Waals surface area contributed by atoms with Crippen LogP contribution in [0.4, 0.5) is 0 Å². The maximum absolute atomic E-state index is 11.7. The van der Waals surface area contributed by atoms with Crippen LogP contribution in [0.2, 0.25) is 0 Å². The van der Waals surface area contributed by atoms with Gasteiger partial charge in [-0.15, -0.1) is 0 Å². The Kier molecular flexibility index (Phi) is 6.93. The van der Waals surface area contributed by atoms with Gasteiger partial charge in [-0.1, -0.05) is 46.3 Å². The Labute approximate surface area is 213 Å². The summed E-state index contributed by atoms with van der Waals surface area (Å²) in [6, 6.07) is 0. The highest BCUT2D eigenvalue weighted by Gasteiger charge is 2.72. The largest absolute Gasteiger partial charge is 0.393 e. The van der Waals surface area contributed by atoms with Gasteiger partial charge >= 0.3 is 0 Å². The first kappa shape index (κ1) is 27.6. The fourth-order valence-electron chi connectivity index (χ4n) is 10.6. The molecule has 0 aliphatic heterocycles. The van der Waals surface area contributed by atoms with E-state index in [9.17, 15) is 25.5 Å². The molecule has 11 atom stereocenters. The monoisotopic (exact) mass is 492 g/mol. The highest BCUT2D eigenvalue weighted by molar-refractivity contribution is 5.21. The van der Waals surface area contributed by atoms with Crippen LogP contribution < -0.4 is 0 Å². The number of allylic oxidation sites excluding steroid dienone is 1. The van der Waals surface area contributed by atoms with Gasteiger partial charge in [0.15, 0.2) is 0 Å². The third kappa shape index (κ3) is 3.90. The van der Waals surface area contributed by atoms with E-state index in [0.29, 0.717) is 31.6 Å². The van der Waals surface area contributed by atoms with Crippen molar-refractivity contribution < 1.29 is 25.5 Å². The second-order valence-corrected chi connectivity index (χ2v) is 14.6. The van der Waals surface area contributed by atoms with Crippen LogP contribution in [0.1, 0.15) is 99.8 Å². The van der Waals surface area contributed by atoms with Gasteiger partial charge in [0.05, 0.1) is 30.5 Å². The molecule has 0 heterocycles. The molecule has 0 radical (unpaired) electrons. The molecule has 4 aliphatic rings. The molecule has 0 aromatic rings. The van der Waals surface area contributed by atoms with Crippen molar-refractivity contribution in [3.63, 3.8) is 0 Å². The molecular weight excluding hydrogens is 440 g/mol. The molecule has 4 rings (SSSR count). The summed E-state index contributed by atoms with van der Waals surface area (Å²) in [7, 11) is 0. The second kappa shape index (κ2) is 8.80. The summed E-state index contributed by atoms with van der Waals surface area (Å²) in [6.45, 7) is 15.2. The first-order valence-electron chi connectivity index (χ1n) is 14.1. The third-order valence-electron chi connectivity index (χ3n) is 12.4. The molecule has 5 N–H and O–H groups in total. The van der Waals surface area contributed by atoms with Gasteiger partial charge in [0.25, 0.3) is 0 Å². The topological polar surface area (TPSA) is 101 Å². The van der Waals surface area contributed by atoms with E-state index in [0.717, 1.165) is 31.3 Å². The lowest BCUT2D eigenvalue weighted by Crippen LogP contribution is -2.68. The summed E-state index contributed by atoms with van der Waals surface area (Å²) >= 11 is 0. The lowest BCUT2D eigenvalue weighted by Gasteiger charge is -2.70. The van der Waals surface area contributed by atoms with Crippen LogP contribution in [0.15, 0.2) is 11.6 Å². The van der Waals surface area contributed by atoms with Crippen molar-refractivity contribution in [2.24, 2.45) is 45.3 Å². The predicted molar refractivity (Wildman–Crippen MR) is 138 cm³/mol. The van der Waals surface area contributed by atoms with Crippen molar-refractivity contribution in [3.8, 4) is 0 Å².